The number of hydrogen-bond donors (Lipinski definition) is 0. The summed E-state index contributed by atoms with van der Waals surface area (Å²) in [4.78, 5) is 15.3. The molecule has 8 heteroatoms. The molecule has 1 rings (SSSR count). The lowest BCUT2D eigenvalue weighted by Crippen LogP contribution is -2.45. The monoisotopic (exact) mass is 414 g/mol. The van der Waals surface area contributed by atoms with Crippen LogP contribution in [0, 0.1) is 0 Å². The summed E-state index contributed by atoms with van der Waals surface area (Å²) in [5, 5.41) is 0. The van der Waals surface area contributed by atoms with Gasteiger partial charge < -0.3 is 10.3 Å². The summed E-state index contributed by atoms with van der Waals surface area (Å²) >= 11 is 0. The van der Waals surface area contributed by atoms with E-state index in [1.807, 2.05) is 0 Å². The van der Waals surface area contributed by atoms with Crippen LogP contribution in [0.5, 0.6) is 0 Å². The number of hydrogen-bond acceptors (Lipinski definition) is 2. The molecular weight excluding hydrogens is 385 g/mol. The second-order valence-electron chi connectivity index (χ2n) is 7.99. The normalized spacial score (nSPS) is 12.4. The Labute approximate surface area is 165 Å². The van der Waals surface area contributed by atoms with Gasteiger partial charge in [-0.15, -0.1) is 0 Å². The fourth-order valence-electron chi connectivity index (χ4n) is 4.29. The van der Waals surface area contributed by atoms with Crippen molar-refractivity contribution in [3.63, 3.8) is 0 Å². The Balaban J connectivity index is 2.90. The molecule has 0 amide bonds. The molecule has 0 radical (unpaired) electrons. The maximum atomic E-state index is 12.7. The fraction of sp³-hybridized carbons (Fsp3) is 0.600. The quantitative estimate of drug-likeness (QED) is 0.174. The first-order valence-corrected chi connectivity index (χ1v) is 11.9. The van der Waals surface area contributed by atoms with Gasteiger partial charge >= 0.3 is 17.9 Å². The lowest BCUT2D eigenvalue weighted by Gasteiger charge is -2.43. The van der Waals surface area contributed by atoms with Crippen LogP contribution in [0.2, 0.25) is 22.7 Å². The average molecular weight is 415 g/mol. The lowest BCUT2D eigenvalue weighted by atomic mass is 10.1. The smallest absolute Gasteiger partial charge is 0.422 e. The third-order valence-corrected chi connectivity index (χ3v) is 13.3. The molecule has 0 bridgehead atoms. The van der Waals surface area contributed by atoms with Crippen molar-refractivity contribution in [3.05, 3.63) is 40.9 Å². The van der Waals surface area contributed by atoms with Crippen LogP contribution in [0.4, 0.5) is 13.2 Å². The molecule has 0 spiro atoms. The van der Waals surface area contributed by atoms with Gasteiger partial charge in [0.15, 0.2) is 0 Å². The van der Waals surface area contributed by atoms with E-state index in [2.05, 4.69) is 46.3 Å². The summed E-state index contributed by atoms with van der Waals surface area (Å²) in [6.45, 7) is 13.4. The maximum absolute atomic E-state index is 12.7. The average Bonchev–Trinajstić information content (AvgIpc) is 2.58. The molecule has 0 atom stereocenters. The summed E-state index contributed by atoms with van der Waals surface area (Å²) < 4.78 is 43.3. The topological polar surface area (TPSA) is 62.7 Å². The van der Waals surface area contributed by atoms with Crippen LogP contribution in [0.25, 0.3) is 5.53 Å². The Morgan fingerprint density at radius 3 is 1.86 bits per heavy atom. The molecule has 156 valence electrons. The van der Waals surface area contributed by atoms with Gasteiger partial charge in [0, 0.05) is 0 Å². The predicted molar refractivity (Wildman–Crippen MR) is 106 cm³/mol. The number of rotatable bonds is 8. The number of nitrogens with zero attached hydrogens (tertiary/aromatic N) is 2. The van der Waals surface area contributed by atoms with E-state index in [9.17, 15) is 23.5 Å². The molecular formula is C20H29F3N2O2Si. The van der Waals surface area contributed by atoms with Crippen molar-refractivity contribution in [3.8, 4) is 0 Å². The highest BCUT2D eigenvalue weighted by Crippen LogP contribution is 2.44. The van der Waals surface area contributed by atoms with E-state index in [1.165, 1.54) is 0 Å². The van der Waals surface area contributed by atoms with E-state index in [0.29, 0.717) is 16.6 Å². The molecule has 0 aliphatic rings. The van der Waals surface area contributed by atoms with E-state index in [-0.39, 0.29) is 12.2 Å². The minimum absolute atomic E-state index is 0.0700. The number of ether oxygens (including phenoxy) is 1. The standard InChI is InChI=1S/C20H29F3N2O2Si/c1-13(2)28(14(3)4,15(5)6)12-11-27-19(26)18(25-24)16-7-9-17(10-8-16)20(21,22)23/h7-10,13-15H,11-12H2,1-6H3. The predicted octanol–water partition coefficient (Wildman–Crippen LogP) is 5.95. The minimum Gasteiger partial charge on any atom is -0.457 e. The zero-order chi connectivity index (χ0) is 21.7. The van der Waals surface area contributed by atoms with Crippen molar-refractivity contribution in [2.75, 3.05) is 6.61 Å². The molecule has 0 N–H and O–H groups in total. The van der Waals surface area contributed by atoms with E-state index >= 15 is 0 Å². The van der Waals surface area contributed by atoms with Crippen LogP contribution < -0.4 is 0 Å². The van der Waals surface area contributed by atoms with Crippen molar-refractivity contribution < 1.29 is 27.5 Å². The van der Waals surface area contributed by atoms with Crippen LogP contribution in [0.3, 0.4) is 0 Å². The van der Waals surface area contributed by atoms with Gasteiger partial charge in [-0.3, -0.25) is 0 Å². The molecule has 0 heterocycles. The number of benzene rings is 1. The Hall–Kier alpha value is -1.92. The minimum atomic E-state index is -4.48. The van der Waals surface area contributed by atoms with Crippen molar-refractivity contribution in [2.24, 2.45) is 0 Å². The summed E-state index contributed by atoms with van der Waals surface area (Å²) in [5.74, 6) is -0.846. The molecule has 1 aromatic rings. The lowest BCUT2D eigenvalue weighted by molar-refractivity contribution is -0.139. The SMILES string of the molecule is CC(C)[Si](CCOC(=O)C(=[N+]=[N-])c1ccc(C(F)(F)F)cc1)(C(C)C)C(C)C. The van der Waals surface area contributed by atoms with Gasteiger partial charge in [-0.2, -0.15) is 18.0 Å². The van der Waals surface area contributed by atoms with Gasteiger partial charge in [-0.05, 0) is 30.3 Å². The van der Waals surface area contributed by atoms with Gasteiger partial charge in [0.05, 0.1) is 25.8 Å². The van der Waals surface area contributed by atoms with E-state index in [0.717, 1.165) is 30.3 Å². The molecule has 4 nitrogen and oxygen atoms in total. The summed E-state index contributed by atoms with van der Waals surface area (Å²) in [5.41, 5.74) is 9.52. The molecule has 0 saturated carbocycles. The third-order valence-electron chi connectivity index (χ3n) is 5.77. The molecule has 0 aliphatic heterocycles. The molecule has 0 unspecified atom stereocenters. The zero-order valence-electron chi connectivity index (χ0n) is 17.3. The highest BCUT2D eigenvalue weighted by molar-refractivity contribution is 6.83. The summed E-state index contributed by atoms with van der Waals surface area (Å²) in [6.07, 6.45) is -4.48. The van der Waals surface area contributed by atoms with Crippen LogP contribution in [0.15, 0.2) is 24.3 Å². The number of carbonyl (C=O) groups excluding carboxylic acids is 1. The molecule has 0 fully saturated rings. The highest BCUT2D eigenvalue weighted by Gasteiger charge is 2.42. The summed E-state index contributed by atoms with van der Waals surface area (Å²) in [6, 6.07) is 4.63. The number of carbonyl (C=O) groups is 1. The fourth-order valence-corrected chi connectivity index (χ4v) is 10.5. The molecule has 0 saturated heterocycles. The zero-order valence-corrected chi connectivity index (χ0v) is 18.3. The van der Waals surface area contributed by atoms with E-state index in [4.69, 9.17) is 4.74 Å². The maximum Gasteiger partial charge on any atom is 0.422 e. The number of halogens is 3. The van der Waals surface area contributed by atoms with Crippen molar-refractivity contribution in [1.29, 1.82) is 0 Å². The van der Waals surface area contributed by atoms with Crippen molar-refractivity contribution >= 4 is 19.8 Å². The highest BCUT2D eigenvalue weighted by atomic mass is 28.3. The first-order valence-electron chi connectivity index (χ1n) is 9.44. The number of alkyl halides is 3. The first kappa shape index (κ1) is 24.1. The second kappa shape index (κ2) is 9.52. The largest absolute Gasteiger partial charge is 0.457 e. The van der Waals surface area contributed by atoms with E-state index in [1.54, 1.807) is 0 Å². The second-order valence-corrected chi connectivity index (χ2v) is 14.2. The summed E-state index contributed by atoms with van der Waals surface area (Å²) in [7, 11) is -1.75. The van der Waals surface area contributed by atoms with Crippen LogP contribution >= 0.6 is 0 Å². The van der Waals surface area contributed by atoms with Crippen molar-refractivity contribution in [1.82, 2.24) is 0 Å². The van der Waals surface area contributed by atoms with Gasteiger partial charge in [0.1, 0.15) is 0 Å². The number of esters is 1. The van der Waals surface area contributed by atoms with Gasteiger partial charge in [0.25, 0.3) is 0 Å². The van der Waals surface area contributed by atoms with Crippen LogP contribution in [-0.4, -0.2) is 31.2 Å². The Morgan fingerprint density at radius 1 is 1.04 bits per heavy atom. The van der Waals surface area contributed by atoms with Gasteiger partial charge in [-0.25, -0.2) is 4.79 Å². The molecule has 0 aliphatic carbocycles. The van der Waals surface area contributed by atoms with Crippen LogP contribution in [0.1, 0.15) is 52.7 Å². The Kier molecular flexibility index (Phi) is 8.20. The Bertz CT molecular complexity index is 700. The van der Waals surface area contributed by atoms with Gasteiger partial charge in [0.2, 0.25) is 0 Å². The third kappa shape index (κ3) is 5.32. The molecule has 28 heavy (non-hydrogen) atoms. The van der Waals surface area contributed by atoms with E-state index < -0.39 is 31.5 Å². The molecule has 0 aromatic heterocycles. The van der Waals surface area contributed by atoms with Gasteiger partial charge in [-0.1, -0.05) is 58.2 Å². The molecule has 1 aromatic carbocycles. The first-order chi connectivity index (χ1) is 12.9. The van der Waals surface area contributed by atoms with Crippen molar-refractivity contribution in [2.45, 2.75) is 70.4 Å². The Morgan fingerprint density at radius 2 is 1.50 bits per heavy atom. The van der Waals surface area contributed by atoms with Crippen LogP contribution in [-0.2, 0) is 15.7 Å².